The monoisotopic (exact) mass is 309 g/mol. The van der Waals surface area contributed by atoms with Gasteiger partial charge in [0, 0.05) is 40.1 Å². The van der Waals surface area contributed by atoms with Gasteiger partial charge in [-0.15, -0.1) is 0 Å². The summed E-state index contributed by atoms with van der Waals surface area (Å²) in [6.45, 7) is 8.95. The van der Waals surface area contributed by atoms with E-state index in [1.165, 1.54) is 0 Å². The minimum atomic E-state index is -0.893. The van der Waals surface area contributed by atoms with Crippen molar-refractivity contribution in [3.63, 3.8) is 0 Å². The number of hydrogen-bond acceptors (Lipinski definition) is 3. The molecule has 0 spiro atoms. The van der Waals surface area contributed by atoms with Crippen molar-refractivity contribution in [3.8, 4) is 0 Å². The first-order chi connectivity index (χ1) is 9.79. The minimum Gasteiger partial charge on any atom is -0.324 e. The number of nitrogens with zero attached hydrogens (tertiary/aromatic N) is 2. The molecule has 1 unspecified atom stereocenters. The summed E-state index contributed by atoms with van der Waals surface area (Å²) in [5.41, 5.74) is 2.47. The van der Waals surface area contributed by atoms with Crippen molar-refractivity contribution in [2.75, 3.05) is 24.2 Å². The molecule has 1 N–H and O–H groups in total. The van der Waals surface area contributed by atoms with Crippen LogP contribution < -0.4 is 5.32 Å². The number of rotatable bonds is 1. The Kier molecular flexibility index (Phi) is 4.66. The van der Waals surface area contributed by atoms with Crippen LogP contribution in [0.2, 0.25) is 0 Å². The molecule has 116 valence electrons. The van der Waals surface area contributed by atoms with E-state index in [1.54, 1.807) is 4.90 Å². The maximum Gasteiger partial charge on any atom is 0.321 e. The van der Waals surface area contributed by atoms with E-state index in [-0.39, 0.29) is 10.8 Å². The van der Waals surface area contributed by atoms with E-state index >= 15 is 0 Å². The van der Waals surface area contributed by atoms with Gasteiger partial charge in [-0.25, -0.2) is 4.79 Å². The number of nitrogens with one attached hydrogen (secondary N) is 1. The number of anilines is 1. The zero-order valence-electron chi connectivity index (χ0n) is 13.1. The van der Waals surface area contributed by atoms with E-state index in [2.05, 4.69) is 10.3 Å². The van der Waals surface area contributed by atoms with Crippen LogP contribution in [0.5, 0.6) is 0 Å². The molecule has 1 aliphatic rings. The van der Waals surface area contributed by atoms with Gasteiger partial charge in [0.05, 0.1) is 11.4 Å². The molecule has 0 saturated carbocycles. The first kappa shape index (κ1) is 15.9. The number of pyridine rings is 1. The Morgan fingerprint density at radius 3 is 2.71 bits per heavy atom. The highest BCUT2D eigenvalue weighted by molar-refractivity contribution is 7.86. The number of urea groups is 1. The molecule has 1 aromatic rings. The number of carbonyl (C=O) groups excluding carboxylic acids is 1. The Morgan fingerprint density at radius 1 is 1.33 bits per heavy atom. The van der Waals surface area contributed by atoms with Crippen molar-refractivity contribution in [3.05, 3.63) is 23.5 Å². The van der Waals surface area contributed by atoms with E-state index < -0.39 is 10.8 Å². The van der Waals surface area contributed by atoms with Crippen LogP contribution in [0.4, 0.5) is 10.5 Å². The molecule has 21 heavy (non-hydrogen) atoms. The second-order valence-electron chi connectivity index (χ2n) is 6.06. The van der Waals surface area contributed by atoms with Gasteiger partial charge in [0.1, 0.15) is 0 Å². The Morgan fingerprint density at radius 2 is 2.05 bits per heavy atom. The molecule has 5 nitrogen and oxygen atoms in total. The molecule has 1 fully saturated rings. The summed E-state index contributed by atoms with van der Waals surface area (Å²) in [7, 11) is -0.893. The normalized spacial score (nSPS) is 21.7. The van der Waals surface area contributed by atoms with Gasteiger partial charge < -0.3 is 10.2 Å². The topological polar surface area (TPSA) is 62.3 Å². The SMILES string of the molecule is Cc1ccc(NC(=O)N2CCS(=O)C(C)(C)CC2)c(C)n1. The van der Waals surface area contributed by atoms with Crippen molar-refractivity contribution < 1.29 is 9.00 Å². The predicted molar refractivity (Wildman–Crippen MR) is 86.0 cm³/mol. The molecule has 2 rings (SSSR count). The van der Waals surface area contributed by atoms with Crippen LogP contribution in [-0.4, -0.2) is 43.7 Å². The zero-order valence-corrected chi connectivity index (χ0v) is 13.9. The van der Waals surface area contributed by atoms with Gasteiger partial charge in [0.25, 0.3) is 0 Å². The number of hydrogen-bond donors (Lipinski definition) is 1. The smallest absolute Gasteiger partial charge is 0.321 e. The van der Waals surface area contributed by atoms with Gasteiger partial charge in [-0.05, 0) is 46.2 Å². The van der Waals surface area contributed by atoms with E-state index in [0.29, 0.717) is 18.8 Å². The van der Waals surface area contributed by atoms with Crippen molar-refractivity contribution in [2.24, 2.45) is 0 Å². The molecule has 6 heteroatoms. The molecule has 0 bridgehead atoms. The molecular formula is C15H23N3O2S. The lowest BCUT2D eigenvalue weighted by atomic mass is 10.1. The van der Waals surface area contributed by atoms with Crippen LogP contribution >= 0.6 is 0 Å². The molecule has 1 aliphatic heterocycles. The third kappa shape index (κ3) is 3.81. The summed E-state index contributed by atoms with van der Waals surface area (Å²) >= 11 is 0. The zero-order chi connectivity index (χ0) is 15.6. The highest BCUT2D eigenvalue weighted by Crippen LogP contribution is 2.22. The largest absolute Gasteiger partial charge is 0.324 e. The number of amides is 2. The molecule has 1 atom stereocenters. The Hall–Kier alpha value is -1.43. The summed E-state index contributed by atoms with van der Waals surface area (Å²) in [4.78, 5) is 18.4. The van der Waals surface area contributed by atoms with Gasteiger partial charge in [-0.2, -0.15) is 0 Å². The summed E-state index contributed by atoms with van der Waals surface area (Å²) < 4.78 is 11.9. The van der Waals surface area contributed by atoms with Gasteiger partial charge in [0.15, 0.2) is 0 Å². The fraction of sp³-hybridized carbons (Fsp3) is 0.600. The summed E-state index contributed by atoms with van der Waals surface area (Å²) in [5, 5.41) is 2.90. The molecule has 0 aliphatic carbocycles. The van der Waals surface area contributed by atoms with Crippen molar-refractivity contribution in [1.82, 2.24) is 9.88 Å². The van der Waals surface area contributed by atoms with Crippen LogP contribution in [0.1, 0.15) is 31.7 Å². The van der Waals surface area contributed by atoms with Crippen LogP contribution in [0, 0.1) is 13.8 Å². The third-order valence-electron chi connectivity index (χ3n) is 3.90. The van der Waals surface area contributed by atoms with Gasteiger partial charge in [-0.3, -0.25) is 9.19 Å². The lowest BCUT2D eigenvalue weighted by molar-refractivity contribution is 0.214. The van der Waals surface area contributed by atoms with E-state index in [9.17, 15) is 9.00 Å². The summed E-state index contributed by atoms with van der Waals surface area (Å²) in [6.07, 6.45) is 0.748. The summed E-state index contributed by atoms with van der Waals surface area (Å²) in [5.74, 6) is 0.533. The first-order valence-electron chi connectivity index (χ1n) is 7.18. The Bertz CT molecular complexity index is 572. The van der Waals surface area contributed by atoms with Crippen molar-refractivity contribution in [2.45, 2.75) is 38.9 Å². The van der Waals surface area contributed by atoms with Crippen LogP contribution in [0.3, 0.4) is 0 Å². The maximum atomic E-state index is 12.4. The minimum absolute atomic E-state index is 0.140. The summed E-state index contributed by atoms with van der Waals surface area (Å²) in [6, 6.07) is 3.61. The molecule has 2 heterocycles. The second kappa shape index (κ2) is 6.13. The van der Waals surface area contributed by atoms with E-state index in [1.807, 2.05) is 39.8 Å². The van der Waals surface area contributed by atoms with E-state index in [4.69, 9.17) is 0 Å². The van der Waals surface area contributed by atoms with Gasteiger partial charge in [0.2, 0.25) is 0 Å². The molecule has 1 aromatic heterocycles. The van der Waals surface area contributed by atoms with Crippen LogP contribution in [-0.2, 0) is 10.8 Å². The van der Waals surface area contributed by atoms with Crippen LogP contribution in [0.25, 0.3) is 0 Å². The van der Waals surface area contributed by atoms with Gasteiger partial charge in [-0.1, -0.05) is 0 Å². The number of aromatic nitrogens is 1. The maximum absolute atomic E-state index is 12.4. The highest BCUT2D eigenvalue weighted by Gasteiger charge is 2.31. The fourth-order valence-electron chi connectivity index (χ4n) is 2.32. The lowest BCUT2D eigenvalue weighted by Gasteiger charge is -2.23. The quantitative estimate of drug-likeness (QED) is 0.867. The lowest BCUT2D eigenvalue weighted by Crippen LogP contribution is -2.37. The highest BCUT2D eigenvalue weighted by atomic mass is 32.2. The Labute approximate surface area is 128 Å². The molecule has 0 aromatic carbocycles. The average molecular weight is 309 g/mol. The number of aryl methyl sites for hydroxylation is 2. The van der Waals surface area contributed by atoms with Crippen molar-refractivity contribution >= 4 is 22.5 Å². The second-order valence-corrected chi connectivity index (χ2v) is 8.27. The van der Waals surface area contributed by atoms with Gasteiger partial charge >= 0.3 is 6.03 Å². The predicted octanol–water partition coefficient (Wildman–Crippen LogP) is 2.46. The standard InChI is InChI=1S/C15H23N3O2S/c1-11-5-6-13(12(2)16-11)17-14(19)18-8-7-15(3,4)21(20)10-9-18/h5-6H,7-10H2,1-4H3,(H,17,19). The van der Waals surface area contributed by atoms with E-state index in [0.717, 1.165) is 23.5 Å². The molecule has 1 saturated heterocycles. The number of carbonyl (C=O) groups is 1. The molecule has 2 amide bonds. The first-order valence-corrected chi connectivity index (χ1v) is 8.50. The Balaban J connectivity index is 2.05. The fourth-order valence-corrected chi connectivity index (χ4v) is 3.57. The van der Waals surface area contributed by atoms with Crippen LogP contribution in [0.15, 0.2) is 12.1 Å². The molecule has 0 radical (unpaired) electrons. The third-order valence-corrected chi connectivity index (χ3v) is 5.89. The molecular weight excluding hydrogens is 286 g/mol. The van der Waals surface area contributed by atoms with Crippen molar-refractivity contribution in [1.29, 1.82) is 0 Å². The average Bonchev–Trinajstić information content (AvgIpc) is 2.53.